The summed E-state index contributed by atoms with van der Waals surface area (Å²) in [6.07, 6.45) is 1.71. The standard InChI is InChI=1S/C14H16Cl2N2O/c1-14(2,3)17-7-9-8-18-19-13(9)11-5-4-10(15)6-12(11)16/h4-6,8,17H,7H2,1-3H3. The summed E-state index contributed by atoms with van der Waals surface area (Å²) in [5.74, 6) is 0.679. The van der Waals surface area contributed by atoms with E-state index >= 15 is 0 Å². The average Bonchev–Trinajstić information content (AvgIpc) is 2.73. The van der Waals surface area contributed by atoms with E-state index in [4.69, 9.17) is 27.7 Å². The normalized spacial score (nSPS) is 11.8. The van der Waals surface area contributed by atoms with Gasteiger partial charge in [-0.2, -0.15) is 0 Å². The Bertz CT molecular complexity index is 573. The van der Waals surface area contributed by atoms with E-state index in [0.29, 0.717) is 22.4 Å². The second-order valence-electron chi connectivity index (χ2n) is 5.41. The van der Waals surface area contributed by atoms with Gasteiger partial charge in [0.2, 0.25) is 0 Å². The lowest BCUT2D eigenvalue weighted by molar-refractivity contribution is 0.418. The van der Waals surface area contributed by atoms with Crippen molar-refractivity contribution in [1.82, 2.24) is 10.5 Å². The van der Waals surface area contributed by atoms with Crippen molar-refractivity contribution < 1.29 is 4.52 Å². The summed E-state index contributed by atoms with van der Waals surface area (Å²) in [6.45, 7) is 6.99. The fraction of sp³-hybridized carbons (Fsp3) is 0.357. The molecule has 0 saturated carbocycles. The highest BCUT2D eigenvalue weighted by atomic mass is 35.5. The molecule has 102 valence electrons. The Kier molecular flexibility index (Phi) is 4.19. The molecule has 0 saturated heterocycles. The van der Waals surface area contributed by atoms with Crippen LogP contribution in [0.15, 0.2) is 28.9 Å². The second-order valence-corrected chi connectivity index (χ2v) is 6.25. The fourth-order valence-electron chi connectivity index (χ4n) is 1.64. The van der Waals surface area contributed by atoms with Crippen LogP contribution in [0.4, 0.5) is 0 Å². The zero-order valence-corrected chi connectivity index (χ0v) is 12.6. The van der Waals surface area contributed by atoms with Gasteiger partial charge in [0.1, 0.15) is 0 Å². The number of benzene rings is 1. The van der Waals surface area contributed by atoms with Gasteiger partial charge in [-0.3, -0.25) is 0 Å². The van der Waals surface area contributed by atoms with Crippen LogP contribution in [-0.4, -0.2) is 10.7 Å². The smallest absolute Gasteiger partial charge is 0.172 e. The summed E-state index contributed by atoms with van der Waals surface area (Å²) < 4.78 is 5.32. The minimum Gasteiger partial charge on any atom is -0.356 e. The Hall–Kier alpha value is -1.03. The molecule has 0 aliphatic rings. The van der Waals surface area contributed by atoms with Crippen LogP contribution in [0.25, 0.3) is 11.3 Å². The maximum Gasteiger partial charge on any atom is 0.172 e. The van der Waals surface area contributed by atoms with Gasteiger partial charge in [0.05, 0.1) is 11.2 Å². The molecule has 1 aromatic carbocycles. The van der Waals surface area contributed by atoms with E-state index in [2.05, 4.69) is 31.2 Å². The quantitative estimate of drug-likeness (QED) is 0.904. The summed E-state index contributed by atoms with van der Waals surface area (Å²) in [7, 11) is 0. The van der Waals surface area contributed by atoms with E-state index in [-0.39, 0.29) is 5.54 Å². The SMILES string of the molecule is CC(C)(C)NCc1cnoc1-c1ccc(Cl)cc1Cl. The topological polar surface area (TPSA) is 38.1 Å². The van der Waals surface area contributed by atoms with Crippen LogP contribution in [-0.2, 0) is 6.54 Å². The third-order valence-electron chi connectivity index (χ3n) is 2.63. The Morgan fingerprint density at radius 3 is 2.63 bits per heavy atom. The lowest BCUT2D eigenvalue weighted by Crippen LogP contribution is -2.35. The molecule has 2 rings (SSSR count). The molecule has 1 heterocycles. The van der Waals surface area contributed by atoms with Crippen LogP contribution in [0, 0.1) is 0 Å². The first-order valence-electron chi connectivity index (χ1n) is 6.01. The van der Waals surface area contributed by atoms with E-state index in [1.807, 2.05) is 6.07 Å². The molecule has 0 fully saturated rings. The lowest BCUT2D eigenvalue weighted by Gasteiger charge is -2.20. The number of hydrogen-bond donors (Lipinski definition) is 1. The van der Waals surface area contributed by atoms with Gasteiger partial charge in [-0.15, -0.1) is 0 Å². The molecule has 1 N–H and O–H groups in total. The maximum atomic E-state index is 6.19. The summed E-state index contributed by atoms with van der Waals surface area (Å²) in [6, 6.07) is 5.32. The molecule has 0 aliphatic carbocycles. The highest BCUT2D eigenvalue weighted by molar-refractivity contribution is 6.36. The molecule has 3 nitrogen and oxygen atoms in total. The molecule has 0 bridgehead atoms. The Labute approximate surface area is 122 Å². The summed E-state index contributed by atoms with van der Waals surface area (Å²) in [4.78, 5) is 0. The van der Waals surface area contributed by atoms with Gasteiger partial charge < -0.3 is 9.84 Å². The molecule has 0 unspecified atom stereocenters. The van der Waals surface area contributed by atoms with Crippen LogP contribution in [0.2, 0.25) is 10.0 Å². The zero-order valence-electron chi connectivity index (χ0n) is 11.1. The van der Waals surface area contributed by atoms with Crippen LogP contribution in [0.5, 0.6) is 0 Å². The third-order valence-corrected chi connectivity index (χ3v) is 3.18. The van der Waals surface area contributed by atoms with E-state index in [1.54, 1.807) is 18.3 Å². The largest absolute Gasteiger partial charge is 0.356 e. The fourth-order valence-corrected chi connectivity index (χ4v) is 2.14. The molecule has 0 atom stereocenters. The predicted octanol–water partition coefficient (Wildman–Crippen LogP) is 4.54. The molecule has 5 heteroatoms. The Morgan fingerprint density at radius 1 is 1.26 bits per heavy atom. The summed E-state index contributed by atoms with van der Waals surface area (Å²) in [5.41, 5.74) is 1.80. The van der Waals surface area contributed by atoms with Gasteiger partial charge in [-0.25, -0.2) is 0 Å². The van der Waals surface area contributed by atoms with Gasteiger partial charge in [0, 0.05) is 28.2 Å². The molecule has 1 aromatic heterocycles. The van der Waals surface area contributed by atoms with Crippen molar-refractivity contribution in [3.63, 3.8) is 0 Å². The number of nitrogens with one attached hydrogen (secondary N) is 1. The van der Waals surface area contributed by atoms with Crippen LogP contribution < -0.4 is 5.32 Å². The number of aromatic nitrogens is 1. The highest BCUT2D eigenvalue weighted by Gasteiger charge is 2.16. The number of nitrogens with zero attached hydrogens (tertiary/aromatic N) is 1. The number of halogens is 2. The summed E-state index contributed by atoms with van der Waals surface area (Å²) >= 11 is 12.1. The van der Waals surface area contributed by atoms with Gasteiger partial charge in [0.15, 0.2) is 5.76 Å². The minimum absolute atomic E-state index is 0.0261. The first-order valence-corrected chi connectivity index (χ1v) is 6.76. The van der Waals surface area contributed by atoms with Crippen LogP contribution in [0.1, 0.15) is 26.3 Å². The zero-order chi connectivity index (χ0) is 14.0. The Morgan fingerprint density at radius 2 is 2.00 bits per heavy atom. The first-order chi connectivity index (χ1) is 8.87. The van der Waals surface area contributed by atoms with Crippen molar-refractivity contribution in [1.29, 1.82) is 0 Å². The molecule has 0 aliphatic heterocycles. The maximum absolute atomic E-state index is 6.19. The van der Waals surface area contributed by atoms with Crippen LogP contribution in [0.3, 0.4) is 0 Å². The second kappa shape index (κ2) is 5.53. The molecule has 0 radical (unpaired) electrons. The van der Waals surface area contributed by atoms with Crippen molar-refractivity contribution >= 4 is 23.2 Å². The van der Waals surface area contributed by atoms with Crippen LogP contribution >= 0.6 is 23.2 Å². The van der Waals surface area contributed by atoms with Crippen molar-refractivity contribution in [2.24, 2.45) is 0 Å². The van der Waals surface area contributed by atoms with E-state index < -0.39 is 0 Å². The van der Waals surface area contributed by atoms with E-state index in [0.717, 1.165) is 11.1 Å². The molecule has 0 spiro atoms. The lowest BCUT2D eigenvalue weighted by atomic mass is 10.1. The van der Waals surface area contributed by atoms with E-state index in [1.165, 1.54) is 0 Å². The van der Waals surface area contributed by atoms with Gasteiger partial charge >= 0.3 is 0 Å². The average molecular weight is 299 g/mol. The van der Waals surface area contributed by atoms with Crippen molar-refractivity contribution in [2.75, 3.05) is 0 Å². The summed E-state index contributed by atoms with van der Waals surface area (Å²) in [5, 5.41) is 8.41. The third kappa shape index (κ3) is 3.72. The molecular formula is C14H16Cl2N2O. The van der Waals surface area contributed by atoms with Crippen molar-refractivity contribution in [2.45, 2.75) is 32.9 Å². The van der Waals surface area contributed by atoms with Crippen molar-refractivity contribution in [3.05, 3.63) is 40.0 Å². The van der Waals surface area contributed by atoms with Gasteiger partial charge in [0.25, 0.3) is 0 Å². The predicted molar refractivity (Wildman–Crippen MR) is 78.6 cm³/mol. The van der Waals surface area contributed by atoms with Gasteiger partial charge in [-0.1, -0.05) is 28.4 Å². The monoisotopic (exact) mass is 298 g/mol. The molecular weight excluding hydrogens is 283 g/mol. The number of rotatable bonds is 3. The minimum atomic E-state index is 0.0261. The highest BCUT2D eigenvalue weighted by Crippen LogP contribution is 2.32. The number of hydrogen-bond acceptors (Lipinski definition) is 3. The molecule has 2 aromatic rings. The van der Waals surface area contributed by atoms with E-state index in [9.17, 15) is 0 Å². The van der Waals surface area contributed by atoms with Gasteiger partial charge in [-0.05, 0) is 39.0 Å². The van der Waals surface area contributed by atoms with Crippen molar-refractivity contribution in [3.8, 4) is 11.3 Å². The Balaban J connectivity index is 2.28. The molecule has 0 amide bonds. The first kappa shape index (κ1) is 14.4. The molecule has 19 heavy (non-hydrogen) atoms.